The zero-order chi connectivity index (χ0) is 11.8. The number of nitrogens with zero attached hydrogens (tertiary/aromatic N) is 3. The highest BCUT2D eigenvalue weighted by Crippen LogP contribution is 2.34. The van der Waals surface area contributed by atoms with E-state index in [-0.39, 0.29) is 16.7 Å². The lowest BCUT2D eigenvalue weighted by Crippen LogP contribution is -2.08. The maximum atomic E-state index is 12.6. The molecule has 4 nitrogen and oxygen atoms in total. The first-order valence-electron chi connectivity index (χ1n) is 4.12. The molecule has 0 aliphatic heterocycles. The normalized spacial score (nSPS) is 11.8. The van der Waals surface area contributed by atoms with E-state index in [1.165, 1.54) is 12.3 Å². The summed E-state index contributed by atoms with van der Waals surface area (Å²) in [5.74, 6) is -0.0575. The summed E-state index contributed by atoms with van der Waals surface area (Å²) < 4.78 is 37.9. The molecule has 8 heteroatoms. The summed E-state index contributed by atoms with van der Waals surface area (Å²) in [4.78, 5) is 6.13. The smallest absolute Gasteiger partial charge is 0.315 e. The maximum absolute atomic E-state index is 12.6. The molecule has 2 rings (SSSR count). The van der Waals surface area contributed by atoms with Crippen molar-refractivity contribution in [3.05, 3.63) is 23.9 Å². The molecule has 0 bridgehead atoms. The number of hydrogen-bond donors (Lipinski definition) is 2. The van der Waals surface area contributed by atoms with Gasteiger partial charge in [-0.15, -0.1) is 22.8 Å². The lowest BCUT2D eigenvalue weighted by Gasteiger charge is -2.08. The van der Waals surface area contributed by atoms with Crippen molar-refractivity contribution in [3.63, 3.8) is 0 Å². The van der Waals surface area contributed by atoms with E-state index in [9.17, 15) is 13.2 Å². The van der Waals surface area contributed by atoms with E-state index in [1.807, 2.05) is 0 Å². The summed E-state index contributed by atoms with van der Waals surface area (Å²) in [5, 5.41) is 7.12. The summed E-state index contributed by atoms with van der Waals surface area (Å²) in [5.41, 5.74) is -1.15. The van der Waals surface area contributed by atoms with Gasteiger partial charge in [0, 0.05) is 6.20 Å². The number of rotatable bonds is 1. The molecule has 0 aliphatic carbocycles. The molecule has 0 saturated carbocycles. The first kappa shape index (κ1) is 10.9. The highest BCUT2D eigenvalue weighted by molar-refractivity contribution is 7.80. The quantitative estimate of drug-likeness (QED) is 0.758. The molecule has 0 radical (unpaired) electrons. The Morgan fingerprint density at radius 1 is 1.25 bits per heavy atom. The number of H-pyrrole nitrogens is 1. The van der Waals surface area contributed by atoms with Gasteiger partial charge in [-0.3, -0.25) is 4.98 Å². The Kier molecular flexibility index (Phi) is 2.58. The topological polar surface area (TPSA) is 54.5 Å². The Labute approximate surface area is 93.3 Å². The Balaban J connectivity index is 2.57. The van der Waals surface area contributed by atoms with Crippen LogP contribution < -0.4 is 0 Å². The van der Waals surface area contributed by atoms with E-state index < -0.39 is 11.7 Å². The molecule has 0 atom stereocenters. The first-order chi connectivity index (χ1) is 7.48. The largest absolute Gasteiger partial charge is 0.418 e. The van der Waals surface area contributed by atoms with Crippen molar-refractivity contribution in [1.82, 2.24) is 20.2 Å². The zero-order valence-electron chi connectivity index (χ0n) is 7.65. The van der Waals surface area contributed by atoms with E-state index in [0.717, 1.165) is 6.07 Å². The van der Waals surface area contributed by atoms with Gasteiger partial charge in [-0.1, -0.05) is 0 Å². The van der Waals surface area contributed by atoms with Crippen molar-refractivity contribution < 1.29 is 13.2 Å². The van der Waals surface area contributed by atoms with E-state index in [0.29, 0.717) is 0 Å². The number of halogens is 3. The van der Waals surface area contributed by atoms with E-state index >= 15 is 0 Å². The van der Waals surface area contributed by atoms with Gasteiger partial charge in [0.25, 0.3) is 0 Å². The van der Waals surface area contributed by atoms with Crippen molar-refractivity contribution in [2.75, 3.05) is 0 Å². The van der Waals surface area contributed by atoms with Crippen LogP contribution in [0.15, 0.2) is 23.5 Å². The summed E-state index contributed by atoms with van der Waals surface area (Å²) in [6, 6.07) is 2.15. The molecule has 84 valence electrons. The summed E-state index contributed by atoms with van der Waals surface area (Å²) >= 11 is 3.82. The van der Waals surface area contributed by atoms with Crippen LogP contribution in [0.5, 0.6) is 0 Å². The molecule has 2 heterocycles. The van der Waals surface area contributed by atoms with Gasteiger partial charge in [0.15, 0.2) is 11.0 Å². The lowest BCUT2D eigenvalue weighted by molar-refractivity contribution is -0.137. The van der Waals surface area contributed by atoms with Gasteiger partial charge in [-0.25, -0.2) is 0 Å². The van der Waals surface area contributed by atoms with Gasteiger partial charge in [-0.2, -0.15) is 13.2 Å². The third-order valence-electron chi connectivity index (χ3n) is 1.81. The SMILES string of the molecule is FC(F)(F)c1cccnc1-c1nnc(S)[nH]1. The molecule has 0 amide bonds. The number of alkyl halides is 3. The van der Waals surface area contributed by atoms with Gasteiger partial charge in [-0.05, 0) is 12.1 Å². The molecule has 0 aliphatic rings. The molecule has 0 spiro atoms. The Bertz CT molecular complexity index is 508. The van der Waals surface area contributed by atoms with Crippen molar-refractivity contribution in [2.45, 2.75) is 11.3 Å². The second kappa shape index (κ2) is 3.78. The number of aromatic nitrogens is 4. The van der Waals surface area contributed by atoms with Crippen LogP contribution in [0, 0.1) is 0 Å². The lowest BCUT2D eigenvalue weighted by atomic mass is 10.2. The standard InChI is InChI=1S/C8H5F3N4S/c9-8(10,11)4-2-1-3-12-5(4)6-13-7(16)15-14-6/h1-3H,(H2,13,14,15,16). The summed E-state index contributed by atoms with van der Waals surface area (Å²) in [6.07, 6.45) is -3.22. The minimum Gasteiger partial charge on any atom is -0.315 e. The molecular weight excluding hydrogens is 241 g/mol. The number of hydrogen-bond acceptors (Lipinski definition) is 4. The highest BCUT2D eigenvalue weighted by Gasteiger charge is 2.35. The van der Waals surface area contributed by atoms with Crippen molar-refractivity contribution in [1.29, 1.82) is 0 Å². The van der Waals surface area contributed by atoms with Gasteiger partial charge in [0.05, 0.1) is 5.56 Å². The van der Waals surface area contributed by atoms with Crippen LogP contribution in [0.4, 0.5) is 13.2 Å². The number of nitrogens with one attached hydrogen (secondary N) is 1. The predicted molar refractivity (Wildman–Crippen MR) is 51.9 cm³/mol. The monoisotopic (exact) mass is 246 g/mol. The Morgan fingerprint density at radius 2 is 2.00 bits per heavy atom. The highest BCUT2D eigenvalue weighted by atomic mass is 32.1. The molecule has 0 unspecified atom stereocenters. The second-order valence-corrected chi connectivity index (χ2v) is 3.32. The van der Waals surface area contributed by atoms with Crippen LogP contribution >= 0.6 is 12.6 Å². The zero-order valence-corrected chi connectivity index (χ0v) is 8.55. The predicted octanol–water partition coefficient (Wildman–Crippen LogP) is 2.17. The number of pyridine rings is 1. The molecule has 2 aromatic heterocycles. The minimum atomic E-state index is -4.48. The fraction of sp³-hybridized carbons (Fsp3) is 0.125. The van der Waals surface area contributed by atoms with Crippen LogP contribution in [-0.2, 0) is 6.18 Å². The van der Waals surface area contributed by atoms with Crippen LogP contribution in [0.25, 0.3) is 11.5 Å². The molecule has 0 aromatic carbocycles. The minimum absolute atomic E-state index is 0.0575. The first-order valence-corrected chi connectivity index (χ1v) is 4.57. The maximum Gasteiger partial charge on any atom is 0.418 e. The van der Waals surface area contributed by atoms with Gasteiger partial charge in [0.2, 0.25) is 0 Å². The van der Waals surface area contributed by atoms with Crippen molar-refractivity contribution in [2.24, 2.45) is 0 Å². The van der Waals surface area contributed by atoms with Crippen LogP contribution in [0.1, 0.15) is 5.56 Å². The Hall–Kier alpha value is -1.57. The van der Waals surface area contributed by atoms with Crippen LogP contribution in [0.3, 0.4) is 0 Å². The summed E-state index contributed by atoms with van der Waals surface area (Å²) in [6.45, 7) is 0. The number of thiol groups is 1. The summed E-state index contributed by atoms with van der Waals surface area (Å²) in [7, 11) is 0. The van der Waals surface area contributed by atoms with E-state index in [1.54, 1.807) is 0 Å². The molecule has 1 N–H and O–H groups in total. The number of aromatic amines is 1. The van der Waals surface area contributed by atoms with Crippen LogP contribution in [0.2, 0.25) is 0 Å². The van der Waals surface area contributed by atoms with Gasteiger partial charge in [0.1, 0.15) is 5.69 Å². The average Bonchev–Trinajstić information content (AvgIpc) is 2.64. The molecule has 2 aromatic rings. The molecule has 16 heavy (non-hydrogen) atoms. The Morgan fingerprint density at radius 3 is 2.56 bits per heavy atom. The fourth-order valence-corrected chi connectivity index (χ4v) is 1.33. The third kappa shape index (κ3) is 2.01. The molecule has 0 saturated heterocycles. The van der Waals surface area contributed by atoms with Crippen molar-refractivity contribution in [3.8, 4) is 11.5 Å². The van der Waals surface area contributed by atoms with Gasteiger partial charge >= 0.3 is 6.18 Å². The average molecular weight is 246 g/mol. The third-order valence-corrected chi connectivity index (χ3v) is 2.01. The second-order valence-electron chi connectivity index (χ2n) is 2.89. The van der Waals surface area contributed by atoms with Gasteiger partial charge < -0.3 is 4.98 Å². The van der Waals surface area contributed by atoms with E-state index in [2.05, 4.69) is 32.8 Å². The molecular formula is C8H5F3N4S. The van der Waals surface area contributed by atoms with Crippen molar-refractivity contribution >= 4 is 12.6 Å². The fourth-order valence-electron chi connectivity index (χ4n) is 1.18. The van der Waals surface area contributed by atoms with E-state index in [4.69, 9.17) is 0 Å². The van der Waals surface area contributed by atoms with Crippen LogP contribution in [-0.4, -0.2) is 20.2 Å². The molecule has 0 fully saturated rings.